The normalized spacial score (nSPS) is 26.4. The summed E-state index contributed by atoms with van der Waals surface area (Å²) in [5, 5.41) is 10.9. The smallest absolute Gasteiger partial charge is 0.220 e. The number of aromatic nitrogens is 3. The van der Waals surface area contributed by atoms with Crippen LogP contribution in [0.4, 0.5) is 0 Å². The number of rotatable bonds is 5. The summed E-state index contributed by atoms with van der Waals surface area (Å²) in [6.45, 7) is 2.04. The third-order valence-electron chi connectivity index (χ3n) is 5.50. The quantitative estimate of drug-likeness (QED) is 0.877. The van der Waals surface area contributed by atoms with Crippen LogP contribution in [0.2, 0.25) is 0 Å². The van der Waals surface area contributed by atoms with Gasteiger partial charge in [0.1, 0.15) is 12.7 Å². The standard InChI is InChI=1S/C19H25N5O/c1-13(15-2-6-18(7-3-15)24-12-20-11-21-24)22-19(25)10-14-8-16-4-5-17(9-14)23-16/h2-3,6-7,11-14,16-17,23H,4-5,8-10H2,1H3,(H,22,25). The zero-order valence-corrected chi connectivity index (χ0v) is 14.6. The Bertz CT molecular complexity index is 700. The Morgan fingerprint density at radius 2 is 2.00 bits per heavy atom. The predicted molar refractivity (Wildman–Crippen MR) is 95.2 cm³/mol. The molecule has 2 fully saturated rings. The molecule has 2 bridgehead atoms. The van der Waals surface area contributed by atoms with Gasteiger partial charge >= 0.3 is 0 Å². The first-order chi connectivity index (χ1) is 12.2. The summed E-state index contributed by atoms with van der Waals surface area (Å²) in [5.41, 5.74) is 2.06. The van der Waals surface area contributed by atoms with Crippen molar-refractivity contribution in [3.63, 3.8) is 0 Å². The second-order valence-corrected chi connectivity index (χ2v) is 7.40. The molecule has 25 heavy (non-hydrogen) atoms. The van der Waals surface area contributed by atoms with Crippen molar-refractivity contribution in [2.45, 2.75) is 57.2 Å². The van der Waals surface area contributed by atoms with Crippen molar-refractivity contribution in [3.05, 3.63) is 42.5 Å². The molecule has 3 unspecified atom stereocenters. The van der Waals surface area contributed by atoms with Gasteiger partial charge in [0.25, 0.3) is 0 Å². The number of hydrogen-bond donors (Lipinski definition) is 2. The molecule has 132 valence electrons. The number of benzene rings is 1. The lowest BCUT2D eigenvalue weighted by atomic mass is 9.89. The van der Waals surface area contributed by atoms with E-state index in [2.05, 4.69) is 20.7 Å². The van der Waals surface area contributed by atoms with E-state index in [1.165, 1.54) is 19.2 Å². The molecule has 2 saturated heterocycles. The minimum atomic E-state index is 0.00994. The van der Waals surface area contributed by atoms with Gasteiger partial charge in [-0.05, 0) is 56.2 Å². The third-order valence-corrected chi connectivity index (χ3v) is 5.50. The minimum Gasteiger partial charge on any atom is -0.350 e. The summed E-state index contributed by atoms with van der Waals surface area (Å²) < 4.78 is 1.72. The van der Waals surface area contributed by atoms with Crippen LogP contribution in [0.3, 0.4) is 0 Å². The van der Waals surface area contributed by atoms with E-state index >= 15 is 0 Å². The second kappa shape index (κ2) is 6.96. The number of piperidine rings is 1. The summed E-state index contributed by atoms with van der Waals surface area (Å²) in [7, 11) is 0. The molecule has 1 amide bonds. The summed E-state index contributed by atoms with van der Waals surface area (Å²) in [6, 6.07) is 9.35. The average Bonchev–Trinajstić information content (AvgIpc) is 3.25. The van der Waals surface area contributed by atoms with Gasteiger partial charge in [-0.3, -0.25) is 4.79 Å². The van der Waals surface area contributed by atoms with E-state index < -0.39 is 0 Å². The van der Waals surface area contributed by atoms with Crippen LogP contribution in [0.1, 0.15) is 50.6 Å². The number of nitrogens with zero attached hydrogens (tertiary/aromatic N) is 3. The molecule has 2 aliphatic rings. The first kappa shape index (κ1) is 16.3. The number of nitrogens with one attached hydrogen (secondary N) is 2. The molecule has 6 nitrogen and oxygen atoms in total. The number of fused-ring (bicyclic) bond motifs is 2. The van der Waals surface area contributed by atoms with Crippen LogP contribution >= 0.6 is 0 Å². The maximum absolute atomic E-state index is 12.4. The largest absolute Gasteiger partial charge is 0.350 e. The lowest BCUT2D eigenvalue weighted by Gasteiger charge is -2.29. The molecule has 2 aliphatic heterocycles. The molecule has 1 aromatic carbocycles. The molecule has 3 atom stereocenters. The van der Waals surface area contributed by atoms with E-state index in [9.17, 15) is 4.79 Å². The lowest BCUT2D eigenvalue weighted by molar-refractivity contribution is -0.122. The number of carbonyl (C=O) groups excluding carboxylic acids is 1. The molecular formula is C19H25N5O. The lowest BCUT2D eigenvalue weighted by Crippen LogP contribution is -2.40. The van der Waals surface area contributed by atoms with Crippen molar-refractivity contribution in [2.24, 2.45) is 5.92 Å². The highest BCUT2D eigenvalue weighted by molar-refractivity contribution is 5.76. The van der Waals surface area contributed by atoms with E-state index in [-0.39, 0.29) is 11.9 Å². The molecule has 0 saturated carbocycles. The van der Waals surface area contributed by atoms with Crippen molar-refractivity contribution in [1.29, 1.82) is 0 Å². The predicted octanol–water partition coefficient (Wildman–Crippen LogP) is 2.37. The summed E-state index contributed by atoms with van der Waals surface area (Å²) >= 11 is 0. The highest BCUT2D eigenvalue weighted by Crippen LogP contribution is 2.32. The van der Waals surface area contributed by atoms with Crippen molar-refractivity contribution >= 4 is 5.91 Å². The molecule has 0 spiro atoms. The van der Waals surface area contributed by atoms with Crippen molar-refractivity contribution in [1.82, 2.24) is 25.4 Å². The maximum Gasteiger partial charge on any atom is 0.220 e. The Kier molecular flexibility index (Phi) is 4.53. The van der Waals surface area contributed by atoms with Crippen LogP contribution in [-0.4, -0.2) is 32.8 Å². The van der Waals surface area contributed by atoms with Crippen molar-refractivity contribution in [3.8, 4) is 5.69 Å². The fraction of sp³-hybridized carbons (Fsp3) is 0.526. The van der Waals surface area contributed by atoms with Gasteiger partial charge in [-0.2, -0.15) is 5.10 Å². The average molecular weight is 339 g/mol. The zero-order valence-electron chi connectivity index (χ0n) is 14.6. The van der Waals surface area contributed by atoms with Crippen LogP contribution in [0.15, 0.2) is 36.9 Å². The first-order valence-corrected chi connectivity index (χ1v) is 9.18. The molecular weight excluding hydrogens is 314 g/mol. The molecule has 3 heterocycles. The number of hydrogen-bond acceptors (Lipinski definition) is 4. The van der Waals surface area contributed by atoms with E-state index in [0.29, 0.717) is 24.4 Å². The second-order valence-electron chi connectivity index (χ2n) is 7.40. The fourth-order valence-electron chi connectivity index (χ4n) is 4.25. The van der Waals surface area contributed by atoms with E-state index in [0.717, 1.165) is 24.1 Å². The Morgan fingerprint density at radius 1 is 1.28 bits per heavy atom. The Morgan fingerprint density at radius 3 is 2.64 bits per heavy atom. The molecule has 2 aromatic rings. The van der Waals surface area contributed by atoms with Crippen LogP contribution in [-0.2, 0) is 4.79 Å². The van der Waals surface area contributed by atoms with Gasteiger partial charge in [-0.15, -0.1) is 0 Å². The molecule has 0 aliphatic carbocycles. The first-order valence-electron chi connectivity index (χ1n) is 9.18. The number of carbonyl (C=O) groups is 1. The van der Waals surface area contributed by atoms with Gasteiger partial charge < -0.3 is 10.6 Å². The Labute approximate surface area is 148 Å². The SMILES string of the molecule is CC(NC(=O)CC1CC2CCC(C1)N2)c1ccc(-n2cncn2)cc1. The Hall–Kier alpha value is -2.21. The minimum absolute atomic E-state index is 0.00994. The molecule has 6 heteroatoms. The van der Waals surface area contributed by atoms with Crippen molar-refractivity contribution < 1.29 is 4.79 Å². The van der Waals surface area contributed by atoms with Gasteiger partial charge in [0.05, 0.1) is 11.7 Å². The topological polar surface area (TPSA) is 71.8 Å². The summed E-state index contributed by atoms with van der Waals surface area (Å²) in [4.78, 5) is 16.4. The fourth-order valence-corrected chi connectivity index (χ4v) is 4.25. The van der Waals surface area contributed by atoms with E-state index in [1.807, 2.05) is 31.2 Å². The third kappa shape index (κ3) is 3.74. The number of amides is 1. The highest BCUT2D eigenvalue weighted by Gasteiger charge is 2.34. The van der Waals surface area contributed by atoms with E-state index in [4.69, 9.17) is 0 Å². The van der Waals surface area contributed by atoms with Crippen LogP contribution in [0.25, 0.3) is 5.69 Å². The molecule has 2 N–H and O–H groups in total. The molecule has 4 rings (SSSR count). The van der Waals surface area contributed by atoms with Crippen LogP contribution < -0.4 is 10.6 Å². The zero-order chi connectivity index (χ0) is 17.2. The summed E-state index contributed by atoms with van der Waals surface area (Å²) in [6.07, 6.45) is 8.68. The van der Waals surface area contributed by atoms with Crippen molar-refractivity contribution in [2.75, 3.05) is 0 Å². The van der Waals surface area contributed by atoms with Crippen LogP contribution in [0, 0.1) is 5.92 Å². The van der Waals surface area contributed by atoms with Gasteiger partial charge in [-0.25, -0.2) is 9.67 Å². The maximum atomic E-state index is 12.4. The van der Waals surface area contributed by atoms with Gasteiger partial charge in [0.15, 0.2) is 0 Å². The molecule has 0 radical (unpaired) electrons. The van der Waals surface area contributed by atoms with Gasteiger partial charge in [0.2, 0.25) is 5.91 Å². The molecule has 1 aromatic heterocycles. The summed E-state index contributed by atoms with van der Waals surface area (Å²) in [5.74, 6) is 0.694. The monoisotopic (exact) mass is 339 g/mol. The van der Waals surface area contributed by atoms with Crippen LogP contribution in [0.5, 0.6) is 0 Å². The Balaban J connectivity index is 1.32. The van der Waals surface area contributed by atoms with Gasteiger partial charge in [0, 0.05) is 18.5 Å². The van der Waals surface area contributed by atoms with Gasteiger partial charge in [-0.1, -0.05) is 12.1 Å². The highest BCUT2D eigenvalue weighted by atomic mass is 16.1. The van der Waals surface area contributed by atoms with E-state index in [1.54, 1.807) is 11.0 Å².